The van der Waals surface area contributed by atoms with Crippen LogP contribution in [0, 0.1) is 0 Å². The van der Waals surface area contributed by atoms with E-state index in [9.17, 15) is 9.90 Å². The van der Waals surface area contributed by atoms with Gasteiger partial charge in [0.2, 0.25) is 0 Å². The van der Waals surface area contributed by atoms with Crippen molar-refractivity contribution in [3.63, 3.8) is 0 Å². The average molecular weight is 252 g/mol. The second-order valence-corrected chi connectivity index (χ2v) is 3.77. The van der Waals surface area contributed by atoms with E-state index in [0.29, 0.717) is 10.9 Å². The van der Waals surface area contributed by atoms with Crippen LogP contribution in [0.25, 0.3) is 0 Å². The Labute approximate surface area is 100 Å². The van der Waals surface area contributed by atoms with Crippen LogP contribution >= 0.6 is 11.3 Å². The molecular weight excluding hydrogens is 244 g/mol. The molecule has 2 aromatic rings. The lowest BCUT2D eigenvalue weighted by Crippen LogP contribution is -2.01. The molecule has 0 aliphatic heterocycles. The number of benzene rings is 1. The first-order chi connectivity index (χ1) is 8.20. The molecule has 1 aromatic carbocycles. The van der Waals surface area contributed by atoms with Crippen LogP contribution in [0.5, 0.6) is 16.7 Å². The van der Waals surface area contributed by atoms with Crippen molar-refractivity contribution in [1.29, 1.82) is 0 Å². The standard InChI is InChI=1S/C10H8N2O4S/c1-15-9(14)7-3-2-6(4-8(7)13)16-10-12-11-5-17-10/h2-5,13H,1H3. The highest BCUT2D eigenvalue weighted by Crippen LogP contribution is 2.28. The van der Waals surface area contributed by atoms with Crippen molar-refractivity contribution in [3.05, 3.63) is 29.3 Å². The van der Waals surface area contributed by atoms with E-state index in [2.05, 4.69) is 14.9 Å². The van der Waals surface area contributed by atoms with Gasteiger partial charge in [0, 0.05) is 6.07 Å². The van der Waals surface area contributed by atoms with Gasteiger partial charge in [-0.05, 0) is 12.1 Å². The molecule has 0 bridgehead atoms. The fourth-order valence-corrected chi connectivity index (χ4v) is 1.59. The maximum absolute atomic E-state index is 11.2. The number of aromatic nitrogens is 2. The predicted octanol–water partition coefficient (Wildman–Crippen LogP) is 1.82. The minimum absolute atomic E-state index is 0.0807. The summed E-state index contributed by atoms with van der Waals surface area (Å²) < 4.78 is 9.80. The Bertz CT molecular complexity index is 527. The zero-order valence-corrected chi connectivity index (χ0v) is 9.60. The Hall–Kier alpha value is -2.15. The van der Waals surface area contributed by atoms with Crippen molar-refractivity contribution in [2.75, 3.05) is 7.11 Å². The van der Waals surface area contributed by atoms with E-state index in [1.165, 1.54) is 42.2 Å². The number of aromatic hydroxyl groups is 1. The molecule has 0 fully saturated rings. The number of methoxy groups -OCH3 is 1. The highest BCUT2D eigenvalue weighted by Gasteiger charge is 2.12. The number of hydrogen-bond acceptors (Lipinski definition) is 7. The van der Waals surface area contributed by atoms with Crippen LogP contribution in [0.3, 0.4) is 0 Å². The first-order valence-corrected chi connectivity index (χ1v) is 5.44. The highest BCUT2D eigenvalue weighted by atomic mass is 32.1. The van der Waals surface area contributed by atoms with E-state index in [0.717, 1.165) is 0 Å². The number of ether oxygens (including phenoxy) is 2. The molecule has 0 radical (unpaired) electrons. The van der Waals surface area contributed by atoms with Gasteiger partial charge < -0.3 is 14.6 Å². The number of rotatable bonds is 3. The van der Waals surface area contributed by atoms with Crippen LogP contribution in [-0.2, 0) is 4.74 Å². The molecule has 7 heteroatoms. The van der Waals surface area contributed by atoms with Crippen LogP contribution in [0.4, 0.5) is 0 Å². The third-order valence-corrected chi connectivity index (χ3v) is 2.49. The first kappa shape index (κ1) is 11.3. The van der Waals surface area contributed by atoms with Crippen LogP contribution in [0.1, 0.15) is 10.4 Å². The molecule has 0 aliphatic carbocycles. The summed E-state index contributed by atoms with van der Waals surface area (Å²) in [6.07, 6.45) is 0. The number of phenolic OH excluding ortho intramolecular Hbond substituents is 1. The second-order valence-electron chi connectivity index (χ2n) is 2.98. The molecule has 1 heterocycles. The summed E-state index contributed by atoms with van der Waals surface area (Å²) in [6, 6.07) is 4.26. The van der Waals surface area contributed by atoms with E-state index in [4.69, 9.17) is 4.74 Å². The number of hydrogen-bond donors (Lipinski definition) is 1. The molecule has 0 unspecified atom stereocenters. The summed E-state index contributed by atoms with van der Waals surface area (Å²) in [7, 11) is 1.24. The van der Waals surface area contributed by atoms with Crippen molar-refractivity contribution in [2.24, 2.45) is 0 Å². The Balaban J connectivity index is 2.22. The molecule has 0 aliphatic rings. The summed E-state index contributed by atoms with van der Waals surface area (Å²) in [4.78, 5) is 11.2. The SMILES string of the molecule is COC(=O)c1ccc(Oc2nncs2)cc1O. The summed E-state index contributed by atoms with van der Waals surface area (Å²) in [5, 5.41) is 17.3. The van der Waals surface area contributed by atoms with Crippen molar-refractivity contribution >= 4 is 17.3 Å². The van der Waals surface area contributed by atoms with Crippen molar-refractivity contribution in [3.8, 4) is 16.7 Å². The van der Waals surface area contributed by atoms with Gasteiger partial charge in [-0.25, -0.2) is 4.79 Å². The quantitative estimate of drug-likeness (QED) is 0.839. The zero-order chi connectivity index (χ0) is 12.3. The van der Waals surface area contributed by atoms with Crippen LogP contribution in [0.15, 0.2) is 23.7 Å². The van der Waals surface area contributed by atoms with Crippen LogP contribution in [0.2, 0.25) is 0 Å². The van der Waals surface area contributed by atoms with E-state index in [1.54, 1.807) is 0 Å². The van der Waals surface area contributed by atoms with Gasteiger partial charge in [0.25, 0.3) is 5.19 Å². The summed E-state index contributed by atoms with van der Waals surface area (Å²) in [5.74, 6) is -0.448. The fourth-order valence-electron chi connectivity index (χ4n) is 1.17. The Kier molecular flexibility index (Phi) is 3.20. The zero-order valence-electron chi connectivity index (χ0n) is 8.78. The van der Waals surface area contributed by atoms with Crippen molar-refractivity contribution in [1.82, 2.24) is 10.2 Å². The van der Waals surface area contributed by atoms with Gasteiger partial charge in [-0.1, -0.05) is 16.4 Å². The summed E-state index contributed by atoms with van der Waals surface area (Å²) in [6.45, 7) is 0. The molecule has 0 atom stereocenters. The molecule has 0 saturated carbocycles. The summed E-state index contributed by atoms with van der Waals surface area (Å²) >= 11 is 1.22. The molecule has 17 heavy (non-hydrogen) atoms. The van der Waals surface area contributed by atoms with E-state index in [-0.39, 0.29) is 11.3 Å². The van der Waals surface area contributed by atoms with Crippen LogP contribution in [-0.4, -0.2) is 28.4 Å². The maximum atomic E-state index is 11.2. The van der Waals surface area contributed by atoms with E-state index < -0.39 is 5.97 Å². The third kappa shape index (κ3) is 2.51. The predicted molar refractivity (Wildman–Crippen MR) is 59.4 cm³/mol. The number of nitrogens with zero attached hydrogens (tertiary/aromatic N) is 2. The van der Waals surface area contributed by atoms with E-state index >= 15 is 0 Å². The second kappa shape index (κ2) is 4.79. The van der Waals surface area contributed by atoms with Gasteiger partial charge in [0.15, 0.2) is 0 Å². The lowest BCUT2D eigenvalue weighted by Gasteiger charge is -2.05. The molecule has 1 aromatic heterocycles. The largest absolute Gasteiger partial charge is 0.507 e. The molecule has 0 amide bonds. The van der Waals surface area contributed by atoms with Gasteiger partial charge in [-0.15, -0.1) is 5.10 Å². The smallest absolute Gasteiger partial charge is 0.341 e. The molecule has 1 N–H and O–H groups in total. The summed E-state index contributed by atoms with van der Waals surface area (Å²) in [5.41, 5.74) is 1.61. The Morgan fingerprint density at radius 3 is 2.88 bits per heavy atom. The molecule has 0 spiro atoms. The lowest BCUT2D eigenvalue weighted by atomic mass is 10.2. The highest BCUT2D eigenvalue weighted by molar-refractivity contribution is 7.11. The normalized spacial score (nSPS) is 9.94. The molecule has 88 valence electrons. The molecule has 2 rings (SSSR count). The molecule has 0 saturated heterocycles. The lowest BCUT2D eigenvalue weighted by molar-refractivity contribution is 0.0597. The topological polar surface area (TPSA) is 81.5 Å². The minimum Gasteiger partial charge on any atom is -0.507 e. The van der Waals surface area contributed by atoms with Gasteiger partial charge in [-0.3, -0.25) is 0 Å². The average Bonchev–Trinajstić information content (AvgIpc) is 2.81. The number of carbonyl (C=O) groups is 1. The van der Waals surface area contributed by atoms with Gasteiger partial charge >= 0.3 is 5.97 Å². The number of phenols is 1. The van der Waals surface area contributed by atoms with Crippen molar-refractivity contribution in [2.45, 2.75) is 0 Å². The van der Waals surface area contributed by atoms with E-state index in [1.807, 2.05) is 0 Å². The number of carbonyl (C=O) groups excluding carboxylic acids is 1. The number of esters is 1. The minimum atomic E-state index is -0.607. The monoisotopic (exact) mass is 252 g/mol. The molecular formula is C10H8N2O4S. The fraction of sp³-hybridized carbons (Fsp3) is 0.100. The van der Waals surface area contributed by atoms with Gasteiger partial charge in [0.05, 0.1) is 7.11 Å². The van der Waals surface area contributed by atoms with Gasteiger partial charge in [-0.2, -0.15) is 0 Å². The van der Waals surface area contributed by atoms with Crippen LogP contribution < -0.4 is 4.74 Å². The Morgan fingerprint density at radius 1 is 1.47 bits per heavy atom. The third-order valence-electron chi connectivity index (χ3n) is 1.92. The Morgan fingerprint density at radius 2 is 2.29 bits per heavy atom. The van der Waals surface area contributed by atoms with Crippen molar-refractivity contribution < 1.29 is 19.4 Å². The van der Waals surface area contributed by atoms with Gasteiger partial charge in [0.1, 0.15) is 22.6 Å². The molecule has 6 nitrogen and oxygen atoms in total. The maximum Gasteiger partial charge on any atom is 0.341 e. The first-order valence-electron chi connectivity index (χ1n) is 4.56.